The molecule has 2 rings (SSSR count). The van der Waals surface area contributed by atoms with Gasteiger partial charge in [0.2, 0.25) is 0 Å². The van der Waals surface area contributed by atoms with Crippen LogP contribution < -0.4 is 0 Å². The number of imidazole rings is 1. The first kappa shape index (κ1) is 12.0. The van der Waals surface area contributed by atoms with Gasteiger partial charge in [0.15, 0.2) is 0 Å². The number of fused-ring (bicyclic) bond motifs is 1. The van der Waals surface area contributed by atoms with Crippen LogP contribution in [0.15, 0.2) is 18.2 Å². The molecule has 1 atom stereocenters. The molecule has 17 heavy (non-hydrogen) atoms. The Labute approximate surface area is 103 Å². The zero-order valence-corrected chi connectivity index (χ0v) is 10.5. The molecule has 0 spiro atoms. The van der Waals surface area contributed by atoms with Crippen LogP contribution in [0.1, 0.15) is 18.3 Å². The van der Waals surface area contributed by atoms with E-state index in [2.05, 4.69) is 9.97 Å². The van der Waals surface area contributed by atoms with E-state index < -0.39 is 11.2 Å². The molecule has 0 aliphatic heterocycles. The minimum absolute atomic E-state index is 0.412. The van der Waals surface area contributed by atoms with E-state index in [0.29, 0.717) is 5.75 Å². The Morgan fingerprint density at radius 2 is 2.35 bits per heavy atom. The second-order valence-corrected chi connectivity index (χ2v) is 5.32. The van der Waals surface area contributed by atoms with Gasteiger partial charge in [0.05, 0.1) is 22.0 Å². The molecule has 90 valence electrons. The highest BCUT2D eigenvalue weighted by molar-refractivity contribution is 7.99. The summed E-state index contributed by atoms with van der Waals surface area (Å²) in [5.41, 5.74) is 3.11. The minimum Gasteiger partial charge on any atom is -0.480 e. The fraction of sp³-hybridized carbons (Fsp3) is 0.333. The Balaban J connectivity index is 2.12. The van der Waals surface area contributed by atoms with E-state index in [-0.39, 0.29) is 0 Å². The molecule has 0 fully saturated rings. The van der Waals surface area contributed by atoms with Crippen LogP contribution in [0.4, 0.5) is 0 Å². The summed E-state index contributed by atoms with van der Waals surface area (Å²) in [5, 5.41) is 8.37. The summed E-state index contributed by atoms with van der Waals surface area (Å²) in [7, 11) is 0. The number of aromatic nitrogens is 2. The molecule has 0 amide bonds. The smallest absolute Gasteiger partial charge is 0.316 e. The molecule has 2 N–H and O–H groups in total. The van der Waals surface area contributed by atoms with E-state index in [1.54, 1.807) is 6.92 Å². The van der Waals surface area contributed by atoms with Gasteiger partial charge in [-0.2, -0.15) is 0 Å². The van der Waals surface area contributed by atoms with Gasteiger partial charge in [-0.3, -0.25) is 4.79 Å². The third-order valence-electron chi connectivity index (χ3n) is 2.50. The lowest BCUT2D eigenvalue weighted by molar-refractivity contribution is -0.136. The van der Waals surface area contributed by atoms with Crippen molar-refractivity contribution in [2.75, 3.05) is 0 Å². The molecule has 0 saturated carbocycles. The maximum Gasteiger partial charge on any atom is 0.316 e. The van der Waals surface area contributed by atoms with Crippen LogP contribution in [0.2, 0.25) is 0 Å². The predicted octanol–water partition coefficient (Wildman–Crippen LogP) is 2.58. The predicted molar refractivity (Wildman–Crippen MR) is 69.2 cm³/mol. The number of carboxylic acid groups (broad SMARTS) is 1. The highest BCUT2D eigenvalue weighted by Gasteiger charge is 2.12. The lowest BCUT2D eigenvalue weighted by Crippen LogP contribution is -2.11. The molecule has 0 saturated heterocycles. The van der Waals surface area contributed by atoms with Gasteiger partial charge < -0.3 is 10.1 Å². The summed E-state index contributed by atoms with van der Waals surface area (Å²) < 4.78 is 0. The Hall–Kier alpha value is -1.49. The molecule has 5 heteroatoms. The van der Waals surface area contributed by atoms with Crippen molar-refractivity contribution < 1.29 is 9.90 Å². The number of aromatic amines is 1. The number of aliphatic carboxylic acids is 1. The van der Waals surface area contributed by atoms with E-state index in [4.69, 9.17) is 5.11 Å². The topological polar surface area (TPSA) is 66.0 Å². The van der Waals surface area contributed by atoms with Gasteiger partial charge in [-0.1, -0.05) is 6.07 Å². The number of nitrogens with zero attached hydrogens (tertiary/aromatic N) is 1. The molecule has 0 bridgehead atoms. The van der Waals surface area contributed by atoms with Crippen LogP contribution in [0.5, 0.6) is 0 Å². The summed E-state index contributed by atoms with van der Waals surface area (Å²) in [6, 6.07) is 6.02. The number of H-pyrrole nitrogens is 1. The number of hydrogen-bond donors (Lipinski definition) is 2. The number of carbonyl (C=O) groups is 1. The van der Waals surface area contributed by atoms with Crippen molar-refractivity contribution in [1.29, 1.82) is 0 Å². The number of hydrogen-bond acceptors (Lipinski definition) is 3. The zero-order valence-electron chi connectivity index (χ0n) is 9.73. The summed E-state index contributed by atoms with van der Waals surface area (Å²) in [6.45, 7) is 3.71. The number of aryl methyl sites for hydroxylation is 1. The van der Waals surface area contributed by atoms with Crippen molar-refractivity contribution in [3.05, 3.63) is 29.6 Å². The number of nitrogens with one attached hydrogen (secondary N) is 1. The second kappa shape index (κ2) is 4.79. The first-order valence-electron chi connectivity index (χ1n) is 5.36. The van der Waals surface area contributed by atoms with E-state index in [1.165, 1.54) is 17.3 Å². The van der Waals surface area contributed by atoms with Crippen LogP contribution in [-0.2, 0) is 10.5 Å². The SMILES string of the molecule is Cc1ccc2nc(CSC(C)C(=O)O)[nH]c2c1. The van der Waals surface area contributed by atoms with Crippen molar-refractivity contribution in [1.82, 2.24) is 9.97 Å². The maximum absolute atomic E-state index is 10.7. The fourth-order valence-corrected chi connectivity index (χ4v) is 2.21. The van der Waals surface area contributed by atoms with Gasteiger partial charge in [-0.15, -0.1) is 11.8 Å². The minimum atomic E-state index is -0.790. The van der Waals surface area contributed by atoms with Crippen molar-refractivity contribution >= 4 is 28.8 Å². The van der Waals surface area contributed by atoms with Crippen molar-refractivity contribution in [3.8, 4) is 0 Å². The number of carboxylic acids is 1. The van der Waals surface area contributed by atoms with Crippen LogP contribution in [0.3, 0.4) is 0 Å². The molecule has 1 heterocycles. The van der Waals surface area contributed by atoms with E-state index in [9.17, 15) is 4.79 Å². The highest BCUT2D eigenvalue weighted by Crippen LogP contribution is 2.19. The Kier molecular flexibility index (Phi) is 3.38. The van der Waals surface area contributed by atoms with Crippen molar-refractivity contribution in [2.24, 2.45) is 0 Å². The van der Waals surface area contributed by atoms with Gasteiger partial charge in [0.1, 0.15) is 5.82 Å². The zero-order chi connectivity index (χ0) is 12.4. The van der Waals surface area contributed by atoms with Crippen LogP contribution >= 0.6 is 11.8 Å². The van der Waals surface area contributed by atoms with E-state index in [0.717, 1.165) is 16.9 Å². The Morgan fingerprint density at radius 3 is 3.06 bits per heavy atom. The number of thioether (sulfide) groups is 1. The van der Waals surface area contributed by atoms with Crippen LogP contribution in [0.25, 0.3) is 11.0 Å². The normalized spacial score (nSPS) is 12.8. The molecule has 0 radical (unpaired) electrons. The number of rotatable bonds is 4. The molecule has 1 unspecified atom stereocenters. The summed E-state index contributed by atoms with van der Waals surface area (Å²) >= 11 is 1.36. The fourth-order valence-electron chi connectivity index (χ4n) is 1.52. The summed E-state index contributed by atoms with van der Waals surface area (Å²) in [6.07, 6.45) is 0. The van der Waals surface area contributed by atoms with Gasteiger partial charge in [0, 0.05) is 0 Å². The van der Waals surface area contributed by atoms with Crippen molar-refractivity contribution in [3.63, 3.8) is 0 Å². The standard InChI is InChI=1S/C12H14N2O2S/c1-7-3-4-9-10(5-7)14-11(13-9)6-17-8(2)12(15)16/h3-5,8H,6H2,1-2H3,(H,13,14)(H,15,16). The summed E-state index contributed by atoms with van der Waals surface area (Å²) in [4.78, 5) is 18.3. The number of benzene rings is 1. The molecule has 4 nitrogen and oxygen atoms in total. The first-order valence-corrected chi connectivity index (χ1v) is 6.41. The molecule has 0 aliphatic rings. The molecule has 1 aromatic carbocycles. The van der Waals surface area contributed by atoms with Gasteiger partial charge in [-0.05, 0) is 31.5 Å². The second-order valence-electron chi connectivity index (χ2n) is 4.00. The lowest BCUT2D eigenvalue weighted by Gasteiger charge is -2.02. The van der Waals surface area contributed by atoms with E-state index in [1.807, 2.05) is 25.1 Å². The van der Waals surface area contributed by atoms with Gasteiger partial charge >= 0.3 is 5.97 Å². The Morgan fingerprint density at radius 1 is 1.59 bits per heavy atom. The molecule has 1 aromatic heterocycles. The van der Waals surface area contributed by atoms with Crippen LogP contribution in [-0.4, -0.2) is 26.3 Å². The van der Waals surface area contributed by atoms with Gasteiger partial charge in [0.25, 0.3) is 0 Å². The third-order valence-corrected chi connectivity index (χ3v) is 3.65. The van der Waals surface area contributed by atoms with E-state index >= 15 is 0 Å². The quantitative estimate of drug-likeness (QED) is 0.875. The largest absolute Gasteiger partial charge is 0.480 e. The average Bonchev–Trinajstić information content (AvgIpc) is 2.67. The Bertz CT molecular complexity index is 550. The van der Waals surface area contributed by atoms with Gasteiger partial charge in [-0.25, -0.2) is 4.98 Å². The molecule has 2 aromatic rings. The van der Waals surface area contributed by atoms with Crippen LogP contribution in [0, 0.1) is 6.92 Å². The monoisotopic (exact) mass is 250 g/mol. The van der Waals surface area contributed by atoms with Crippen molar-refractivity contribution in [2.45, 2.75) is 24.9 Å². The maximum atomic E-state index is 10.7. The third kappa shape index (κ3) is 2.79. The summed E-state index contributed by atoms with van der Waals surface area (Å²) in [5.74, 6) is 0.618. The lowest BCUT2D eigenvalue weighted by atomic mass is 10.2. The molecule has 0 aliphatic carbocycles. The molecular weight excluding hydrogens is 236 g/mol. The molecular formula is C12H14N2O2S. The highest BCUT2D eigenvalue weighted by atomic mass is 32.2. The first-order chi connectivity index (χ1) is 8.06. The average molecular weight is 250 g/mol.